The van der Waals surface area contributed by atoms with E-state index in [-0.39, 0.29) is 11.8 Å². The molecular formula is C25H32N4O4. The van der Waals surface area contributed by atoms with Crippen molar-refractivity contribution in [2.24, 2.45) is 5.92 Å². The van der Waals surface area contributed by atoms with Crippen LogP contribution >= 0.6 is 0 Å². The van der Waals surface area contributed by atoms with Gasteiger partial charge in [-0.25, -0.2) is 9.97 Å². The Morgan fingerprint density at radius 3 is 2.42 bits per heavy atom. The highest BCUT2D eigenvalue weighted by Gasteiger charge is 2.42. The molecule has 1 spiro atoms. The van der Waals surface area contributed by atoms with Crippen molar-refractivity contribution in [3.05, 3.63) is 42.2 Å². The molecule has 3 aliphatic heterocycles. The van der Waals surface area contributed by atoms with Gasteiger partial charge in [0.05, 0.1) is 13.2 Å². The van der Waals surface area contributed by atoms with Crippen LogP contribution in [0.2, 0.25) is 0 Å². The average molecular weight is 453 g/mol. The summed E-state index contributed by atoms with van der Waals surface area (Å²) in [6.07, 6.45) is 5.72. The molecule has 3 saturated heterocycles. The average Bonchev–Trinajstić information content (AvgIpc) is 3.32. The highest BCUT2D eigenvalue weighted by Crippen LogP contribution is 2.33. The molecule has 2 aromatic rings. The summed E-state index contributed by atoms with van der Waals surface area (Å²) in [5.41, 5.74) is 1.27. The van der Waals surface area contributed by atoms with Crippen LogP contribution in [0.15, 0.2) is 36.7 Å². The Morgan fingerprint density at radius 1 is 1.06 bits per heavy atom. The quantitative estimate of drug-likeness (QED) is 0.688. The second-order valence-electron chi connectivity index (χ2n) is 9.01. The highest BCUT2D eigenvalue weighted by atomic mass is 16.7. The molecule has 5 rings (SSSR count). The van der Waals surface area contributed by atoms with E-state index in [1.54, 1.807) is 6.33 Å². The minimum atomic E-state index is -0.440. The van der Waals surface area contributed by atoms with Gasteiger partial charge in [0.25, 0.3) is 0 Å². The van der Waals surface area contributed by atoms with Crippen LogP contribution < -0.4 is 9.64 Å². The summed E-state index contributed by atoms with van der Waals surface area (Å²) in [5.74, 6) is 2.02. The van der Waals surface area contributed by atoms with E-state index < -0.39 is 5.79 Å². The van der Waals surface area contributed by atoms with Gasteiger partial charge in [0.15, 0.2) is 5.79 Å². The molecule has 0 unspecified atom stereocenters. The van der Waals surface area contributed by atoms with E-state index in [0.29, 0.717) is 32.2 Å². The van der Waals surface area contributed by atoms with Crippen molar-refractivity contribution in [2.45, 2.75) is 44.8 Å². The summed E-state index contributed by atoms with van der Waals surface area (Å²) >= 11 is 0. The number of anilines is 1. The molecule has 0 radical (unpaired) electrons. The van der Waals surface area contributed by atoms with Crippen LogP contribution in [0.4, 0.5) is 5.82 Å². The van der Waals surface area contributed by atoms with E-state index in [0.717, 1.165) is 56.8 Å². The van der Waals surface area contributed by atoms with Gasteiger partial charge in [-0.1, -0.05) is 19.1 Å². The molecule has 1 aromatic heterocycles. The number of piperidine rings is 2. The fraction of sp³-hybridized carbons (Fsp3) is 0.560. The smallest absolute Gasteiger partial charge is 0.225 e. The number of likely N-dealkylation sites (tertiary alicyclic amines) is 1. The van der Waals surface area contributed by atoms with Gasteiger partial charge in [-0.05, 0) is 37.0 Å². The van der Waals surface area contributed by atoms with Gasteiger partial charge in [-0.15, -0.1) is 0 Å². The van der Waals surface area contributed by atoms with Crippen molar-refractivity contribution in [1.29, 1.82) is 0 Å². The van der Waals surface area contributed by atoms with Gasteiger partial charge in [-0.2, -0.15) is 0 Å². The summed E-state index contributed by atoms with van der Waals surface area (Å²) in [5, 5.41) is 0. The van der Waals surface area contributed by atoms with Gasteiger partial charge in [-0.3, -0.25) is 4.79 Å². The highest BCUT2D eigenvalue weighted by molar-refractivity contribution is 5.79. The van der Waals surface area contributed by atoms with Crippen molar-refractivity contribution in [1.82, 2.24) is 14.9 Å². The molecule has 1 amide bonds. The number of rotatable bonds is 5. The van der Waals surface area contributed by atoms with Crippen molar-refractivity contribution < 1.29 is 19.0 Å². The molecule has 4 heterocycles. The third-order valence-corrected chi connectivity index (χ3v) is 7.00. The molecule has 33 heavy (non-hydrogen) atoms. The Bertz CT molecular complexity index is 943. The molecule has 0 bridgehead atoms. The fourth-order valence-corrected chi connectivity index (χ4v) is 4.94. The van der Waals surface area contributed by atoms with Crippen molar-refractivity contribution >= 4 is 11.7 Å². The van der Waals surface area contributed by atoms with Crippen LogP contribution in [0.1, 0.15) is 38.2 Å². The Labute approximate surface area is 194 Å². The topological polar surface area (TPSA) is 77.0 Å². The number of carbonyl (C=O) groups is 1. The lowest BCUT2D eigenvalue weighted by Crippen LogP contribution is -2.50. The zero-order valence-corrected chi connectivity index (χ0v) is 19.2. The summed E-state index contributed by atoms with van der Waals surface area (Å²) in [6, 6.07) is 9.93. The first-order valence-corrected chi connectivity index (χ1v) is 12.0. The maximum Gasteiger partial charge on any atom is 0.225 e. The number of nitrogens with zero attached hydrogens (tertiary/aromatic N) is 4. The number of carbonyl (C=O) groups excluding carboxylic acids is 1. The molecule has 3 fully saturated rings. The molecule has 0 aliphatic carbocycles. The van der Waals surface area contributed by atoms with Crippen LogP contribution in [-0.4, -0.2) is 66.0 Å². The third-order valence-electron chi connectivity index (χ3n) is 7.00. The number of aryl methyl sites for hydroxylation is 1. The van der Waals surface area contributed by atoms with E-state index in [1.807, 2.05) is 23.1 Å². The van der Waals surface area contributed by atoms with Crippen LogP contribution in [0.25, 0.3) is 0 Å². The van der Waals surface area contributed by atoms with Crippen LogP contribution in [0.3, 0.4) is 0 Å². The number of benzene rings is 1. The van der Waals surface area contributed by atoms with Gasteiger partial charge in [0.2, 0.25) is 11.8 Å². The number of ether oxygens (including phenoxy) is 3. The Kier molecular flexibility index (Phi) is 6.46. The molecule has 8 nitrogen and oxygen atoms in total. The van der Waals surface area contributed by atoms with Crippen molar-refractivity contribution in [3.63, 3.8) is 0 Å². The predicted octanol–water partition coefficient (Wildman–Crippen LogP) is 3.41. The second kappa shape index (κ2) is 9.65. The lowest BCUT2D eigenvalue weighted by atomic mass is 9.93. The minimum Gasteiger partial charge on any atom is -0.439 e. The third kappa shape index (κ3) is 4.96. The number of hydrogen-bond donors (Lipinski definition) is 0. The molecule has 0 saturated carbocycles. The van der Waals surface area contributed by atoms with Gasteiger partial charge >= 0.3 is 0 Å². The standard InChI is InChI=1S/C25H32N4O4/c1-2-19-3-5-21(6-4-19)33-23-17-22(26-18-27-23)28-11-7-20(8-12-28)24(30)29-13-9-25(10-14-29)31-15-16-32-25/h3-6,17-18,20H,2,7-16H2,1H3. The zero-order valence-electron chi connectivity index (χ0n) is 19.2. The molecule has 3 aliphatic rings. The Morgan fingerprint density at radius 2 is 1.76 bits per heavy atom. The van der Waals surface area contributed by atoms with E-state index in [1.165, 1.54) is 5.56 Å². The lowest BCUT2D eigenvalue weighted by molar-refractivity contribution is -0.188. The normalized spacial score (nSPS) is 20.9. The first-order chi connectivity index (χ1) is 16.1. The molecule has 0 atom stereocenters. The minimum absolute atomic E-state index is 0.0651. The van der Waals surface area contributed by atoms with E-state index in [2.05, 4.69) is 33.9 Å². The SMILES string of the molecule is CCc1ccc(Oc2cc(N3CCC(C(=O)N4CCC5(CC4)OCCO5)CC3)ncn2)cc1. The van der Waals surface area contributed by atoms with Gasteiger partial charge in [0, 0.05) is 51.0 Å². The van der Waals surface area contributed by atoms with Crippen molar-refractivity contribution in [3.8, 4) is 11.6 Å². The molecule has 1 aromatic carbocycles. The van der Waals surface area contributed by atoms with Crippen LogP contribution in [0, 0.1) is 5.92 Å². The monoisotopic (exact) mass is 452 g/mol. The summed E-state index contributed by atoms with van der Waals surface area (Å²) < 4.78 is 17.5. The molecule has 0 N–H and O–H groups in total. The maximum absolute atomic E-state index is 13.1. The number of amides is 1. The number of aromatic nitrogens is 2. The van der Waals surface area contributed by atoms with E-state index in [4.69, 9.17) is 14.2 Å². The van der Waals surface area contributed by atoms with Crippen LogP contribution in [0.5, 0.6) is 11.6 Å². The zero-order chi connectivity index (χ0) is 22.7. The molecular weight excluding hydrogens is 420 g/mol. The van der Waals surface area contributed by atoms with E-state index >= 15 is 0 Å². The summed E-state index contributed by atoms with van der Waals surface area (Å²) in [4.78, 5) is 26.0. The fourth-order valence-electron chi connectivity index (χ4n) is 4.94. The summed E-state index contributed by atoms with van der Waals surface area (Å²) in [6.45, 7) is 6.46. The Hall–Kier alpha value is -2.71. The van der Waals surface area contributed by atoms with E-state index in [9.17, 15) is 4.79 Å². The summed E-state index contributed by atoms with van der Waals surface area (Å²) in [7, 11) is 0. The van der Waals surface area contributed by atoms with Crippen molar-refractivity contribution in [2.75, 3.05) is 44.3 Å². The molecule has 8 heteroatoms. The Balaban J connectivity index is 1.14. The van der Waals surface area contributed by atoms with Gasteiger partial charge < -0.3 is 24.0 Å². The van der Waals surface area contributed by atoms with Crippen LogP contribution in [-0.2, 0) is 20.7 Å². The maximum atomic E-state index is 13.1. The number of hydrogen-bond acceptors (Lipinski definition) is 7. The first-order valence-electron chi connectivity index (χ1n) is 12.0. The largest absolute Gasteiger partial charge is 0.439 e. The van der Waals surface area contributed by atoms with Gasteiger partial charge in [0.1, 0.15) is 17.9 Å². The first kappa shape index (κ1) is 22.1. The lowest BCUT2D eigenvalue weighted by Gasteiger charge is -2.40. The predicted molar refractivity (Wildman–Crippen MR) is 123 cm³/mol. The molecule has 176 valence electrons. The second-order valence-corrected chi connectivity index (χ2v) is 9.01.